The summed E-state index contributed by atoms with van der Waals surface area (Å²) in [4.78, 5) is 66.0. The minimum absolute atomic E-state index is 0. The first-order valence-electron chi connectivity index (χ1n) is 31.1. The van der Waals surface area contributed by atoms with Gasteiger partial charge in [-0.1, -0.05) is 0 Å². The molecule has 0 aliphatic carbocycles. The summed E-state index contributed by atoms with van der Waals surface area (Å²) in [6, 6.07) is 15.7. The normalized spacial score (nSPS) is 21.9. The Hall–Kier alpha value is -7.61. The van der Waals surface area contributed by atoms with Gasteiger partial charge in [-0.05, 0) is 133 Å². The van der Waals surface area contributed by atoms with Gasteiger partial charge in [0.15, 0.2) is 17.4 Å². The van der Waals surface area contributed by atoms with Gasteiger partial charge in [-0.3, -0.25) is 33.9 Å². The molecule has 0 unspecified atom stereocenters. The maximum absolute atomic E-state index is 13.8. The number of hydrogen-bond donors (Lipinski definition) is 9. The third kappa shape index (κ3) is 21.0. The summed E-state index contributed by atoms with van der Waals surface area (Å²) < 4.78 is 85.3. The van der Waals surface area contributed by atoms with Crippen molar-refractivity contribution in [3.8, 4) is 17.9 Å². The number of non-ortho nitro benzene ring substituents is 1. The van der Waals surface area contributed by atoms with E-state index in [1.165, 1.54) is 41.4 Å². The van der Waals surface area contributed by atoms with Crippen molar-refractivity contribution in [3.63, 3.8) is 0 Å². The molecule has 3 aliphatic rings. The highest BCUT2D eigenvalue weighted by atomic mass is 35.5. The summed E-state index contributed by atoms with van der Waals surface area (Å²) in [5.41, 5.74) is 7.12. The van der Waals surface area contributed by atoms with E-state index in [4.69, 9.17) is 58.4 Å². The van der Waals surface area contributed by atoms with Gasteiger partial charge >= 0.3 is 39.2 Å². The predicted molar refractivity (Wildman–Crippen MR) is 358 cm³/mol. The molecule has 1 aromatic carbocycles. The van der Waals surface area contributed by atoms with Crippen LogP contribution in [-0.2, 0) is 70.7 Å². The van der Waals surface area contributed by atoms with Gasteiger partial charge < -0.3 is 73.7 Å². The Kier molecular flexibility index (Phi) is 27.8. The van der Waals surface area contributed by atoms with E-state index in [2.05, 4.69) is 40.5 Å². The van der Waals surface area contributed by atoms with Crippen LogP contribution >= 0.6 is 27.7 Å². The number of nitro benzene ring substituents is 1. The highest BCUT2D eigenvalue weighted by Crippen LogP contribution is 2.50. The lowest BCUT2D eigenvalue weighted by Gasteiger charge is -2.28. The predicted octanol–water partition coefficient (Wildman–Crippen LogP) is 4.87. The summed E-state index contributed by atoms with van der Waals surface area (Å²) in [5, 5.41) is 80.9. The van der Waals surface area contributed by atoms with Crippen molar-refractivity contribution in [1.29, 1.82) is 10.5 Å². The molecule has 36 nitrogen and oxygen atoms in total. The Morgan fingerprint density at radius 3 is 1.40 bits per heavy atom. The molecule has 8 rings (SSSR count). The standard InChI is InChI=1S/C26H40N7O9P.C20H32N3O8P.C15H17N5O4.ClH/c1-24(2,3)22(36)39-11-9-31-43(38,32-10-12-40-23(37)25(4,5)6)41-14-26(13-27)20(35)18(34)19(42-26)16-7-8-17-21(28)29-15-30-33(16)17;1-19(2,3)17(24)29-13-11-21-32(28,22-12-14-30-18(25)20(4,5)6)31-16-9-7-15(8-10-16)23(26)27;1-14(2)22-11-10(23-15(5-16,6-21)12(11)24-14)8-3-4-9-13(17)18-7-19-20(8)9;/h7-8,15,18-20,34-35H,9-12,14H2,1-6H3,(H2,28,29,30)(H2,31,32,38);7-10H,11-14H2,1-6H3,(H2,21,22,28);3-4,7,10-12,21H,6H2,1-2H3,(H2,17,18,19);1H/t18-,19-,20-,26+;;10-,11-,12-,15+;/m0.0./s1. The van der Waals surface area contributed by atoms with Gasteiger partial charge in [0, 0.05) is 38.3 Å². The second kappa shape index (κ2) is 33.5. The van der Waals surface area contributed by atoms with Crippen molar-refractivity contribution in [2.45, 2.75) is 151 Å². The first kappa shape index (κ1) is 83.1. The Bertz CT molecular complexity index is 3790. The molecule has 4 aromatic heterocycles. The highest BCUT2D eigenvalue weighted by Gasteiger charge is 2.64. The molecule has 0 bridgehead atoms. The van der Waals surface area contributed by atoms with Crippen molar-refractivity contribution in [3.05, 3.63) is 82.7 Å². The van der Waals surface area contributed by atoms with Gasteiger partial charge in [-0.15, -0.1) is 12.4 Å². The van der Waals surface area contributed by atoms with Crippen molar-refractivity contribution >= 4 is 80.0 Å². The number of nitriles is 2. The molecule has 5 aromatic rings. The number of esters is 4. The molecular formula is C61H90ClN15O21P2. The van der Waals surface area contributed by atoms with Gasteiger partial charge in [0.25, 0.3) is 5.69 Å². The van der Waals surface area contributed by atoms with Gasteiger partial charge in [0.2, 0.25) is 11.2 Å². The molecular weight excluding hydrogens is 1380 g/mol. The van der Waals surface area contributed by atoms with Crippen LogP contribution in [0.1, 0.15) is 121 Å². The number of aromatic nitrogens is 6. The largest absolute Gasteiger partial charge is 0.464 e. The maximum atomic E-state index is 13.8. The number of nitro groups is 1. The minimum Gasteiger partial charge on any atom is -0.464 e. The first-order chi connectivity index (χ1) is 46.0. The van der Waals surface area contributed by atoms with E-state index in [1.54, 1.807) is 126 Å². The number of nitrogens with one attached hydrogen (secondary N) is 4. The number of carbonyl (C=O) groups excluding carboxylic acids is 4. The smallest absolute Gasteiger partial charge is 0.390 e. The Morgan fingerprint density at radius 2 is 1.02 bits per heavy atom. The van der Waals surface area contributed by atoms with E-state index in [1.807, 2.05) is 12.1 Å². The fourth-order valence-electron chi connectivity index (χ4n) is 9.32. The zero-order chi connectivity index (χ0) is 73.9. The lowest BCUT2D eigenvalue weighted by molar-refractivity contribution is -0.384. The maximum Gasteiger partial charge on any atom is 0.390 e. The van der Waals surface area contributed by atoms with Crippen LogP contribution in [-0.4, -0.2) is 181 Å². The van der Waals surface area contributed by atoms with E-state index >= 15 is 0 Å². The molecule has 8 atom stereocenters. The molecule has 39 heteroatoms. The van der Waals surface area contributed by atoms with Gasteiger partial charge in [0.1, 0.15) is 111 Å². The van der Waals surface area contributed by atoms with Gasteiger partial charge in [-0.25, -0.2) is 43.9 Å². The Balaban J connectivity index is 0.000000280. The zero-order valence-electron chi connectivity index (χ0n) is 58.0. The number of anilines is 2. The number of nitrogens with zero attached hydrogens (tertiary/aromatic N) is 9. The molecule has 552 valence electrons. The fourth-order valence-corrected chi connectivity index (χ4v) is 12.2. The Morgan fingerprint density at radius 1 is 0.630 bits per heavy atom. The SMILES string of the molecule is CC(C)(C)C(=O)OCCNP(=O)(NCCOC(=O)C(C)(C)C)OC[C@@]1(C#N)O[C@@H](c2ccc3c(N)ncnn23)[C@H](O)[C@@H]1O.CC(C)(C)C(=O)OCCNP(=O)(NCCOC(=O)C(C)(C)C)Oc1ccc([N+](=O)[O-])cc1.CC1(C)O[C@H]2[C@H](c3ccc4c(N)ncnn34)O[C@](C#N)(CO)[C@H]2O1.Cl. The average molecular weight is 1470 g/mol. The van der Waals surface area contributed by atoms with Crippen LogP contribution in [0.15, 0.2) is 61.2 Å². The number of fused-ring (bicyclic) bond motifs is 3. The van der Waals surface area contributed by atoms with E-state index < -0.39 is 133 Å². The van der Waals surface area contributed by atoms with E-state index in [0.717, 1.165) is 0 Å². The monoisotopic (exact) mass is 1470 g/mol. The number of halogens is 1. The molecule has 11 N–H and O–H groups in total. The molecule has 7 heterocycles. The fraction of sp³-hybridized carbons (Fsp3) is 0.607. The summed E-state index contributed by atoms with van der Waals surface area (Å²) in [6.45, 7) is 22.1. The molecule has 3 saturated heterocycles. The molecule has 0 spiro atoms. The molecule has 0 saturated carbocycles. The van der Waals surface area contributed by atoms with Crippen molar-refractivity contribution in [1.82, 2.24) is 49.5 Å². The van der Waals surface area contributed by atoms with E-state index in [-0.39, 0.29) is 88.0 Å². The van der Waals surface area contributed by atoms with Crippen molar-refractivity contribution in [2.24, 2.45) is 21.7 Å². The lowest BCUT2D eigenvalue weighted by Crippen LogP contribution is -2.46. The highest BCUT2D eigenvalue weighted by molar-refractivity contribution is 7.55. The third-order valence-electron chi connectivity index (χ3n) is 14.7. The van der Waals surface area contributed by atoms with Crippen LogP contribution in [0.5, 0.6) is 5.75 Å². The number of ether oxygens (including phenoxy) is 8. The molecule has 0 amide bonds. The Labute approximate surface area is 583 Å². The molecule has 100 heavy (non-hydrogen) atoms. The quantitative estimate of drug-likeness (QED) is 0.00939. The second-order valence-corrected chi connectivity index (χ2v) is 31.4. The number of rotatable bonds is 25. The minimum atomic E-state index is -4.05. The topological polar surface area (TPSA) is 507 Å². The van der Waals surface area contributed by atoms with Crippen LogP contribution in [0.25, 0.3) is 11.0 Å². The number of aliphatic hydroxyl groups is 3. The van der Waals surface area contributed by atoms with Crippen molar-refractivity contribution < 1.29 is 95.5 Å². The summed E-state index contributed by atoms with van der Waals surface area (Å²) in [6.07, 6.45) is -3.96. The lowest BCUT2D eigenvalue weighted by atomic mass is 9.96. The number of carbonyl (C=O) groups is 4. The van der Waals surface area contributed by atoms with E-state index in [9.17, 15) is 64.3 Å². The first-order valence-corrected chi connectivity index (χ1v) is 34.4. The third-order valence-corrected chi connectivity index (χ3v) is 18.2. The van der Waals surface area contributed by atoms with Crippen LogP contribution in [0.2, 0.25) is 0 Å². The van der Waals surface area contributed by atoms with Gasteiger partial charge in [-0.2, -0.15) is 20.7 Å². The number of benzene rings is 1. The van der Waals surface area contributed by atoms with Crippen LogP contribution in [0, 0.1) is 54.4 Å². The molecule has 3 aliphatic heterocycles. The van der Waals surface area contributed by atoms with Crippen molar-refractivity contribution in [2.75, 3.05) is 77.3 Å². The zero-order valence-corrected chi connectivity index (χ0v) is 60.6. The van der Waals surface area contributed by atoms with Crippen LogP contribution in [0.4, 0.5) is 17.3 Å². The molecule has 3 fully saturated rings. The summed E-state index contributed by atoms with van der Waals surface area (Å²) in [7, 11) is -7.78. The second-order valence-electron chi connectivity index (χ2n) is 27.5. The number of hydrogen-bond acceptors (Lipinski definition) is 29. The number of aliphatic hydroxyl groups excluding tert-OH is 3. The van der Waals surface area contributed by atoms with Gasteiger partial charge in [0.05, 0.1) is 44.6 Å². The number of nitrogens with two attached hydrogens (primary N) is 2. The number of nitrogen functional groups attached to an aromatic ring is 2. The van der Waals surface area contributed by atoms with Crippen LogP contribution < -0.4 is 36.3 Å². The summed E-state index contributed by atoms with van der Waals surface area (Å²) in [5.74, 6) is -2.01. The summed E-state index contributed by atoms with van der Waals surface area (Å²) >= 11 is 0. The van der Waals surface area contributed by atoms with Crippen LogP contribution in [0.3, 0.4) is 0 Å². The average Bonchev–Trinajstić information content (AvgIpc) is 1.57. The molecule has 0 radical (unpaired) electrons. The van der Waals surface area contributed by atoms with E-state index in [0.29, 0.717) is 22.5 Å².